The van der Waals surface area contributed by atoms with Crippen molar-refractivity contribution in [2.75, 3.05) is 0 Å². The molecule has 1 atom stereocenters. The first-order valence-corrected chi connectivity index (χ1v) is 10.0. The molecule has 138 valence electrons. The van der Waals surface area contributed by atoms with Gasteiger partial charge in [-0.25, -0.2) is 4.98 Å². The summed E-state index contributed by atoms with van der Waals surface area (Å²) in [4.78, 5) is 4.91. The van der Waals surface area contributed by atoms with Crippen LogP contribution in [0, 0.1) is 6.92 Å². The molecule has 3 heterocycles. The highest BCUT2D eigenvalue weighted by atomic mass is 15.1. The van der Waals surface area contributed by atoms with E-state index in [0.29, 0.717) is 6.04 Å². The van der Waals surface area contributed by atoms with Gasteiger partial charge in [0.05, 0.1) is 17.7 Å². The summed E-state index contributed by atoms with van der Waals surface area (Å²) in [6, 6.07) is 9.29. The molecule has 5 rings (SSSR count). The van der Waals surface area contributed by atoms with Crippen molar-refractivity contribution in [1.29, 1.82) is 0 Å². The Morgan fingerprint density at radius 3 is 2.48 bits per heavy atom. The number of fused-ring (bicyclic) bond motifs is 1. The van der Waals surface area contributed by atoms with Crippen molar-refractivity contribution in [2.45, 2.75) is 51.2 Å². The fourth-order valence-electron chi connectivity index (χ4n) is 4.53. The smallest absolute Gasteiger partial charge is 0.123 e. The zero-order valence-electron chi connectivity index (χ0n) is 15.8. The second kappa shape index (κ2) is 6.76. The molecular weight excluding hydrogens is 332 g/mol. The number of aromatic nitrogens is 2. The predicted molar refractivity (Wildman–Crippen MR) is 110 cm³/mol. The fraction of sp³-hybridized carbons (Fsp3) is 0.348. The van der Waals surface area contributed by atoms with Crippen LogP contribution < -0.4 is 10.6 Å². The SMILES string of the molecule is Cc1ccc(-c2ncn(C3CCCCC3)c2C2=C3C=CNC3NC=C2)cc1. The van der Waals surface area contributed by atoms with Crippen molar-refractivity contribution in [2.24, 2.45) is 0 Å². The summed E-state index contributed by atoms with van der Waals surface area (Å²) in [5.74, 6) is 0. The highest BCUT2D eigenvalue weighted by Gasteiger charge is 2.28. The average molecular weight is 358 g/mol. The molecular formula is C23H26N4. The van der Waals surface area contributed by atoms with Gasteiger partial charge in [-0.3, -0.25) is 0 Å². The zero-order chi connectivity index (χ0) is 18.2. The molecule has 0 spiro atoms. The molecule has 4 heteroatoms. The Bertz CT molecular complexity index is 924. The molecule has 3 aliphatic rings. The monoisotopic (exact) mass is 358 g/mol. The Labute approximate surface area is 160 Å². The molecule has 1 aliphatic carbocycles. The molecule has 1 aromatic heterocycles. The first-order valence-electron chi connectivity index (χ1n) is 10.0. The van der Waals surface area contributed by atoms with Gasteiger partial charge in [0.2, 0.25) is 0 Å². The van der Waals surface area contributed by atoms with E-state index < -0.39 is 0 Å². The summed E-state index contributed by atoms with van der Waals surface area (Å²) in [5.41, 5.74) is 7.39. The topological polar surface area (TPSA) is 41.9 Å². The van der Waals surface area contributed by atoms with Gasteiger partial charge in [0.15, 0.2) is 0 Å². The molecule has 4 nitrogen and oxygen atoms in total. The third kappa shape index (κ3) is 2.89. The lowest BCUT2D eigenvalue weighted by atomic mass is 9.93. The molecule has 1 saturated carbocycles. The first kappa shape index (κ1) is 16.4. The number of aryl methyl sites for hydroxylation is 1. The van der Waals surface area contributed by atoms with Crippen LogP contribution in [0.25, 0.3) is 16.8 Å². The van der Waals surface area contributed by atoms with Gasteiger partial charge in [-0.05, 0) is 44.3 Å². The van der Waals surface area contributed by atoms with Crippen LogP contribution in [0.5, 0.6) is 0 Å². The zero-order valence-corrected chi connectivity index (χ0v) is 15.8. The maximum absolute atomic E-state index is 4.91. The lowest BCUT2D eigenvalue weighted by molar-refractivity contribution is 0.351. The summed E-state index contributed by atoms with van der Waals surface area (Å²) in [6.07, 6.45) is 17.2. The Balaban J connectivity index is 1.69. The first-order chi connectivity index (χ1) is 13.3. The maximum atomic E-state index is 4.91. The molecule has 1 aromatic carbocycles. The normalized spacial score (nSPS) is 21.9. The van der Waals surface area contributed by atoms with Crippen molar-refractivity contribution >= 4 is 5.57 Å². The number of nitrogens with one attached hydrogen (secondary N) is 2. The number of allylic oxidation sites excluding steroid dienone is 2. The van der Waals surface area contributed by atoms with E-state index in [-0.39, 0.29) is 6.17 Å². The molecule has 2 N–H and O–H groups in total. The van der Waals surface area contributed by atoms with Gasteiger partial charge in [0.1, 0.15) is 6.17 Å². The van der Waals surface area contributed by atoms with Crippen LogP contribution in [0.2, 0.25) is 0 Å². The fourth-order valence-corrected chi connectivity index (χ4v) is 4.53. The molecule has 1 unspecified atom stereocenters. The number of hydrogen-bond acceptors (Lipinski definition) is 3. The molecule has 0 saturated heterocycles. The van der Waals surface area contributed by atoms with Crippen molar-refractivity contribution in [3.63, 3.8) is 0 Å². The Hall–Kier alpha value is -2.75. The lowest BCUT2D eigenvalue weighted by Gasteiger charge is -2.27. The Morgan fingerprint density at radius 1 is 0.963 bits per heavy atom. The van der Waals surface area contributed by atoms with Crippen molar-refractivity contribution in [1.82, 2.24) is 20.2 Å². The van der Waals surface area contributed by atoms with Crippen molar-refractivity contribution < 1.29 is 0 Å². The average Bonchev–Trinajstić information content (AvgIpc) is 3.36. The highest BCUT2D eigenvalue weighted by Crippen LogP contribution is 2.38. The Morgan fingerprint density at radius 2 is 1.70 bits per heavy atom. The van der Waals surface area contributed by atoms with Crippen LogP contribution in [0.3, 0.4) is 0 Å². The number of nitrogens with zero attached hydrogens (tertiary/aromatic N) is 2. The van der Waals surface area contributed by atoms with Crippen LogP contribution in [0.1, 0.15) is 49.4 Å². The standard InChI is InChI=1S/C23H26N4/c1-16-7-9-17(10-8-16)21-22(19-11-13-24-23-20(19)12-14-25-23)27(15-26-21)18-5-3-2-4-6-18/h7-15,18,23-25H,2-6H2,1H3. The Kier molecular flexibility index (Phi) is 4.12. The minimum Gasteiger partial charge on any atom is -0.368 e. The van der Waals surface area contributed by atoms with Crippen LogP contribution in [-0.4, -0.2) is 15.7 Å². The molecule has 0 amide bonds. The van der Waals surface area contributed by atoms with Gasteiger partial charge >= 0.3 is 0 Å². The summed E-state index contributed by atoms with van der Waals surface area (Å²) in [7, 11) is 0. The van der Waals surface area contributed by atoms with E-state index in [0.717, 1.165) is 5.69 Å². The molecule has 2 aromatic rings. The van der Waals surface area contributed by atoms with Gasteiger partial charge in [-0.2, -0.15) is 0 Å². The molecule has 0 bridgehead atoms. The van der Waals surface area contributed by atoms with E-state index in [9.17, 15) is 0 Å². The van der Waals surface area contributed by atoms with Crippen LogP contribution in [-0.2, 0) is 0 Å². The minimum atomic E-state index is 0.158. The van der Waals surface area contributed by atoms with Gasteiger partial charge in [-0.1, -0.05) is 49.1 Å². The van der Waals surface area contributed by atoms with Gasteiger partial charge in [0, 0.05) is 22.8 Å². The quantitative estimate of drug-likeness (QED) is 0.837. The van der Waals surface area contributed by atoms with E-state index in [1.807, 2.05) is 6.20 Å². The summed E-state index contributed by atoms with van der Waals surface area (Å²) < 4.78 is 2.45. The van der Waals surface area contributed by atoms with E-state index in [4.69, 9.17) is 4.98 Å². The lowest BCUT2D eigenvalue weighted by Crippen LogP contribution is -2.36. The third-order valence-corrected chi connectivity index (χ3v) is 6.00. The number of dihydropyridines is 1. The minimum absolute atomic E-state index is 0.158. The maximum Gasteiger partial charge on any atom is 0.123 e. The van der Waals surface area contributed by atoms with Crippen molar-refractivity contribution in [3.8, 4) is 11.3 Å². The predicted octanol–water partition coefficient (Wildman–Crippen LogP) is 4.68. The van der Waals surface area contributed by atoms with E-state index in [1.54, 1.807) is 0 Å². The molecule has 2 aliphatic heterocycles. The van der Waals surface area contributed by atoms with Gasteiger partial charge in [-0.15, -0.1) is 0 Å². The highest BCUT2D eigenvalue weighted by molar-refractivity contribution is 5.86. The van der Waals surface area contributed by atoms with E-state index >= 15 is 0 Å². The number of rotatable bonds is 3. The van der Waals surface area contributed by atoms with Crippen LogP contribution in [0.15, 0.2) is 60.7 Å². The number of hydrogen-bond donors (Lipinski definition) is 2. The van der Waals surface area contributed by atoms with E-state index in [1.165, 1.54) is 60.1 Å². The second-order valence-corrected chi connectivity index (χ2v) is 7.81. The summed E-state index contributed by atoms with van der Waals surface area (Å²) >= 11 is 0. The third-order valence-electron chi connectivity index (χ3n) is 6.00. The van der Waals surface area contributed by atoms with Crippen LogP contribution in [0.4, 0.5) is 0 Å². The molecule has 27 heavy (non-hydrogen) atoms. The van der Waals surface area contributed by atoms with Crippen molar-refractivity contribution in [3.05, 3.63) is 72.0 Å². The van der Waals surface area contributed by atoms with E-state index in [2.05, 4.69) is 71.1 Å². The largest absolute Gasteiger partial charge is 0.368 e. The van der Waals surface area contributed by atoms with Gasteiger partial charge < -0.3 is 15.2 Å². The number of imidazole rings is 1. The summed E-state index contributed by atoms with van der Waals surface area (Å²) in [6.45, 7) is 2.13. The van der Waals surface area contributed by atoms with Gasteiger partial charge in [0.25, 0.3) is 0 Å². The summed E-state index contributed by atoms with van der Waals surface area (Å²) in [5, 5.41) is 6.78. The van der Waals surface area contributed by atoms with Crippen LogP contribution >= 0.6 is 0 Å². The molecule has 1 fully saturated rings. The second-order valence-electron chi connectivity index (χ2n) is 7.81. The number of benzene rings is 1. The molecule has 0 radical (unpaired) electrons.